The number of hydrogen-bond donors (Lipinski definition) is 2. The van der Waals surface area contributed by atoms with Crippen LogP contribution in [-0.4, -0.2) is 17.5 Å². The Morgan fingerprint density at radius 1 is 1.53 bits per heavy atom. The van der Waals surface area contributed by atoms with Gasteiger partial charge in [0.25, 0.3) is 5.91 Å². The Labute approximate surface area is 115 Å². The van der Waals surface area contributed by atoms with Crippen LogP contribution in [0.4, 0.5) is 5.69 Å². The molecule has 0 saturated carbocycles. The minimum atomic E-state index is -0.203. The lowest BCUT2D eigenvalue weighted by atomic mass is 10.3. The van der Waals surface area contributed by atoms with Crippen LogP contribution >= 0.6 is 11.3 Å². The maximum Gasteiger partial charge on any atom is 0.258 e. The number of carbonyl (C=O) groups excluding carboxylic acids is 1. The Morgan fingerprint density at radius 3 is 3.00 bits per heavy atom. The molecule has 3 N–H and O–H groups in total. The lowest BCUT2D eigenvalue weighted by molar-refractivity contribution is -0.123. The van der Waals surface area contributed by atoms with Crippen molar-refractivity contribution in [2.75, 3.05) is 12.3 Å². The summed E-state index contributed by atoms with van der Waals surface area (Å²) < 4.78 is 5.36. The number of carbonyl (C=O) groups is 1. The normalized spacial score (nSPS) is 11.8. The standard InChI is InChI=1S/C13H15N3O2S/c1-9(13-15-6-7-19-13)16-12(17)8-18-11-5-3-2-4-10(11)14/h2-7,9H,8,14H2,1H3,(H,16,17). The second-order valence-corrected chi connectivity index (χ2v) is 4.91. The molecule has 1 aromatic heterocycles. The number of hydrogen-bond acceptors (Lipinski definition) is 5. The lowest BCUT2D eigenvalue weighted by Crippen LogP contribution is -2.31. The highest BCUT2D eigenvalue weighted by Crippen LogP contribution is 2.19. The Bertz CT molecular complexity index is 543. The first-order valence-electron chi connectivity index (χ1n) is 5.83. The van der Waals surface area contributed by atoms with Gasteiger partial charge in [0.1, 0.15) is 10.8 Å². The number of anilines is 1. The van der Waals surface area contributed by atoms with E-state index in [1.807, 2.05) is 24.4 Å². The lowest BCUT2D eigenvalue weighted by Gasteiger charge is -2.12. The third-order valence-corrected chi connectivity index (χ3v) is 3.44. The van der Waals surface area contributed by atoms with Crippen LogP contribution in [0.5, 0.6) is 5.75 Å². The van der Waals surface area contributed by atoms with Crippen molar-refractivity contribution in [2.45, 2.75) is 13.0 Å². The van der Waals surface area contributed by atoms with Crippen LogP contribution in [-0.2, 0) is 4.79 Å². The molecule has 5 nitrogen and oxygen atoms in total. The quantitative estimate of drug-likeness (QED) is 0.819. The molecule has 0 aliphatic carbocycles. The van der Waals surface area contributed by atoms with Crippen LogP contribution in [0.25, 0.3) is 0 Å². The molecule has 0 aliphatic rings. The molecular formula is C13H15N3O2S. The Morgan fingerprint density at radius 2 is 2.32 bits per heavy atom. The Balaban J connectivity index is 1.84. The molecule has 1 atom stereocenters. The highest BCUT2D eigenvalue weighted by molar-refractivity contribution is 7.09. The zero-order chi connectivity index (χ0) is 13.7. The van der Waals surface area contributed by atoms with Crippen molar-refractivity contribution < 1.29 is 9.53 Å². The van der Waals surface area contributed by atoms with E-state index >= 15 is 0 Å². The first-order chi connectivity index (χ1) is 9.16. The topological polar surface area (TPSA) is 77.2 Å². The van der Waals surface area contributed by atoms with Crippen LogP contribution in [0.1, 0.15) is 18.0 Å². The molecule has 2 aromatic rings. The van der Waals surface area contributed by atoms with Gasteiger partial charge in [-0.05, 0) is 19.1 Å². The highest BCUT2D eigenvalue weighted by atomic mass is 32.1. The number of nitrogens with one attached hydrogen (secondary N) is 1. The van der Waals surface area contributed by atoms with Crippen LogP contribution in [0, 0.1) is 0 Å². The summed E-state index contributed by atoms with van der Waals surface area (Å²) in [6, 6.07) is 6.96. The summed E-state index contributed by atoms with van der Waals surface area (Å²) in [5.74, 6) is 0.311. The van der Waals surface area contributed by atoms with Gasteiger partial charge in [-0.15, -0.1) is 11.3 Å². The Kier molecular flexibility index (Phi) is 4.35. The minimum absolute atomic E-state index is 0.0655. The largest absolute Gasteiger partial charge is 0.482 e. The SMILES string of the molecule is CC(NC(=O)COc1ccccc1N)c1nccs1. The number of nitrogens with two attached hydrogens (primary N) is 1. The molecule has 6 heteroatoms. The third-order valence-electron chi connectivity index (χ3n) is 2.48. The van der Waals surface area contributed by atoms with Crippen molar-refractivity contribution in [1.29, 1.82) is 0 Å². The van der Waals surface area contributed by atoms with Gasteiger partial charge in [0.05, 0.1) is 11.7 Å². The van der Waals surface area contributed by atoms with Gasteiger partial charge in [-0.1, -0.05) is 12.1 Å². The number of thiazole rings is 1. The van der Waals surface area contributed by atoms with Gasteiger partial charge in [-0.25, -0.2) is 4.98 Å². The monoisotopic (exact) mass is 277 g/mol. The van der Waals surface area contributed by atoms with Crippen LogP contribution in [0.2, 0.25) is 0 Å². The van der Waals surface area contributed by atoms with Gasteiger partial charge in [0.15, 0.2) is 6.61 Å². The summed E-state index contributed by atoms with van der Waals surface area (Å²) in [6.07, 6.45) is 1.71. The molecule has 0 fully saturated rings. The fourth-order valence-corrected chi connectivity index (χ4v) is 2.19. The average Bonchev–Trinajstić information content (AvgIpc) is 2.91. The molecule has 1 unspecified atom stereocenters. The van der Waals surface area contributed by atoms with E-state index in [2.05, 4.69) is 10.3 Å². The summed E-state index contributed by atoms with van der Waals surface area (Å²) in [5.41, 5.74) is 6.24. The molecule has 2 rings (SSSR count). The molecule has 1 aromatic carbocycles. The maximum atomic E-state index is 11.7. The van der Waals surface area contributed by atoms with Gasteiger partial charge in [0.2, 0.25) is 0 Å². The Hall–Kier alpha value is -2.08. The number of rotatable bonds is 5. The predicted octanol–water partition coefficient (Wildman–Crippen LogP) is 1.98. The van der Waals surface area contributed by atoms with Gasteiger partial charge in [-0.2, -0.15) is 0 Å². The van der Waals surface area contributed by atoms with Gasteiger partial charge >= 0.3 is 0 Å². The van der Waals surface area contributed by atoms with Crippen molar-refractivity contribution in [3.63, 3.8) is 0 Å². The van der Waals surface area contributed by atoms with E-state index in [4.69, 9.17) is 10.5 Å². The van der Waals surface area contributed by atoms with Crippen molar-refractivity contribution >= 4 is 22.9 Å². The van der Waals surface area contributed by atoms with E-state index in [0.717, 1.165) is 5.01 Å². The highest BCUT2D eigenvalue weighted by Gasteiger charge is 2.12. The van der Waals surface area contributed by atoms with E-state index in [1.165, 1.54) is 11.3 Å². The number of ether oxygens (including phenoxy) is 1. The molecule has 1 heterocycles. The summed E-state index contributed by atoms with van der Waals surface area (Å²) in [6.45, 7) is 1.82. The van der Waals surface area contributed by atoms with Crippen molar-refractivity contribution in [3.05, 3.63) is 40.8 Å². The van der Waals surface area contributed by atoms with Crippen LogP contribution < -0.4 is 15.8 Å². The molecule has 0 saturated heterocycles. The third kappa shape index (κ3) is 3.69. The number of aromatic nitrogens is 1. The summed E-state index contributed by atoms with van der Waals surface area (Å²) in [4.78, 5) is 15.9. The van der Waals surface area contributed by atoms with E-state index in [-0.39, 0.29) is 18.6 Å². The zero-order valence-electron chi connectivity index (χ0n) is 10.5. The number of benzene rings is 1. The second kappa shape index (κ2) is 6.19. The van der Waals surface area contributed by atoms with Crippen LogP contribution in [0.15, 0.2) is 35.8 Å². The number of nitrogens with zero attached hydrogens (tertiary/aromatic N) is 1. The van der Waals surface area contributed by atoms with Gasteiger partial charge in [-0.3, -0.25) is 4.79 Å². The zero-order valence-corrected chi connectivity index (χ0v) is 11.3. The molecule has 1 amide bonds. The van der Waals surface area contributed by atoms with Crippen LogP contribution in [0.3, 0.4) is 0 Å². The first kappa shape index (κ1) is 13.4. The molecule has 0 spiro atoms. The fraction of sp³-hybridized carbons (Fsp3) is 0.231. The number of nitrogen functional groups attached to an aromatic ring is 1. The molecule has 19 heavy (non-hydrogen) atoms. The van der Waals surface area contributed by atoms with E-state index in [0.29, 0.717) is 11.4 Å². The molecular weight excluding hydrogens is 262 g/mol. The maximum absolute atomic E-state index is 11.7. The van der Waals surface area contributed by atoms with E-state index in [1.54, 1.807) is 18.3 Å². The van der Waals surface area contributed by atoms with Crippen molar-refractivity contribution in [3.8, 4) is 5.75 Å². The molecule has 0 aliphatic heterocycles. The summed E-state index contributed by atoms with van der Waals surface area (Å²) in [7, 11) is 0. The fourth-order valence-electron chi connectivity index (χ4n) is 1.55. The van der Waals surface area contributed by atoms with E-state index in [9.17, 15) is 4.79 Å². The molecule has 0 radical (unpaired) electrons. The van der Waals surface area contributed by atoms with Crippen molar-refractivity contribution in [1.82, 2.24) is 10.3 Å². The average molecular weight is 277 g/mol. The first-order valence-corrected chi connectivity index (χ1v) is 6.71. The number of para-hydroxylation sites is 2. The van der Waals surface area contributed by atoms with Crippen molar-refractivity contribution in [2.24, 2.45) is 0 Å². The predicted molar refractivity (Wildman–Crippen MR) is 75.0 cm³/mol. The van der Waals surface area contributed by atoms with Gasteiger partial charge < -0.3 is 15.8 Å². The summed E-state index contributed by atoms with van der Waals surface area (Å²) >= 11 is 1.50. The molecule has 0 bridgehead atoms. The second-order valence-electron chi connectivity index (χ2n) is 3.99. The van der Waals surface area contributed by atoms with Gasteiger partial charge in [0, 0.05) is 11.6 Å². The van der Waals surface area contributed by atoms with E-state index < -0.39 is 0 Å². The number of amides is 1. The molecule has 100 valence electrons. The summed E-state index contributed by atoms with van der Waals surface area (Å²) in [5, 5.41) is 5.56. The smallest absolute Gasteiger partial charge is 0.258 e. The minimum Gasteiger partial charge on any atom is -0.482 e.